The second kappa shape index (κ2) is 4.74. The minimum absolute atomic E-state index is 0.338. The zero-order valence-electron chi connectivity index (χ0n) is 10.1. The molecule has 17 heavy (non-hydrogen) atoms. The summed E-state index contributed by atoms with van der Waals surface area (Å²) < 4.78 is 5.08. The average Bonchev–Trinajstić information content (AvgIpc) is 2.14. The lowest BCUT2D eigenvalue weighted by molar-refractivity contribution is 0.0636. The monoisotopic (exact) mass is 233 g/mol. The average molecular weight is 233 g/mol. The van der Waals surface area contributed by atoms with Crippen molar-refractivity contribution in [2.24, 2.45) is 0 Å². The first-order chi connectivity index (χ1) is 7.81. The number of hydrogen-bond donors (Lipinski definition) is 2. The molecular weight excluding hydrogens is 218 g/mol. The number of amides is 1. The zero-order chi connectivity index (χ0) is 13.1. The van der Waals surface area contributed by atoms with Crippen molar-refractivity contribution in [3.8, 4) is 6.07 Å². The topological polar surface area (TPSA) is 88.1 Å². The van der Waals surface area contributed by atoms with E-state index in [0.717, 1.165) is 0 Å². The van der Waals surface area contributed by atoms with Crippen LogP contribution in [0.3, 0.4) is 0 Å². The predicted molar refractivity (Wildman–Crippen MR) is 65.4 cm³/mol. The van der Waals surface area contributed by atoms with Gasteiger partial charge in [-0.25, -0.2) is 4.79 Å². The molecule has 0 radical (unpaired) electrons. The molecule has 0 heterocycles. The number of carbonyl (C=O) groups is 1. The van der Waals surface area contributed by atoms with E-state index in [1.54, 1.807) is 32.9 Å². The Labute approximate surface area is 100 Å². The van der Waals surface area contributed by atoms with Gasteiger partial charge in [0.1, 0.15) is 11.7 Å². The molecule has 3 N–H and O–H groups in total. The van der Waals surface area contributed by atoms with Gasteiger partial charge in [0.15, 0.2) is 0 Å². The first-order valence-electron chi connectivity index (χ1n) is 5.11. The van der Waals surface area contributed by atoms with Crippen molar-refractivity contribution in [3.63, 3.8) is 0 Å². The fraction of sp³-hybridized carbons (Fsp3) is 0.333. The van der Waals surface area contributed by atoms with E-state index in [-0.39, 0.29) is 0 Å². The van der Waals surface area contributed by atoms with Gasteiger partial charge in [0.2, 0.25) is 0 Å². The number of nitrogens with zero attached hydrogens (tertiary/aromatic N) is 1. The number of anilines is 2. The lowest BCUT2D eigenvalue weighted by Crippen LogP contribution is -2.27. The van der Waals surface area contributed by atoms with Crippen molar-refractivity contribution >= 4 is 17.5 Å². The number of nitrogens with two attached hydrogens (primary N) is 1. The summed E-state index contributed by atoms with van der Waals surface area (Å²) >= 11 is 0. The van der Waals surface area contributed by atoms with Crippen molar-refractivity contribution < 1.29 is 9.53 Å². The first-order valence-corrected chi connectivity index (χ1v) is 5.11. The summed E-state index contributed by atoms with van der Waals surface area (Å²) in [5.41, 5.74) is 6.15. The number of ether oxygens (including phenoxy) is 1. The van der Waals surface area contributed by atoms with Crippen molar-refractivity contribution in [2.45, 2.75) is 26.4 Å². The van der Waals surface area contributed by atoms with E-state index >= 15 is 0 Å². The van der Waals surface area contributed by atoms with Gasteiger partial charge in [0.25, 0.3) is 0 Å². The molecule has 5 nitrogen and oxygen atoms in total. The van der Waals surface area contributed by atoms with Gasteiger partial charge in [-0.2, -0.15) is 5.26 Å². The predicted octanol–water partition coefficient (Wildman–Crippen LogP) is 2.49. The highest BCUT2D eigenvalue weighted by Crippen LogP contribution is 2.19. The molecule has 0 aromatic heterocycles. The van der Waals surface area contributed by atoms with E-state index in [0.29, 0.717) is 16.9 Å². The van der Waals surface area contributed by atoms with Crippen LogP contribution in [-0.2, 0) is 4.74 Å². The molecule has 0 aliphatic rings. The molecule has 0 fully saturated rings. The fourth-order valence-corrected chi connectivity index (χ4v) is 1.18. The maximum atomic E-state index is 11.5. The lowest BCUT2D eigenvalue weighted by atomic mass is 10.2. The SMILES string of the molecule is CC(C)(C)OC(=O)Nc1cc(N)ccc1C#N. The number of nitrogens with one attached hydrogen (secondary N) is 1. The Kier molecular flexibility index (Phi) is 3.59. The van der Waals surface area contributed by atoms with Gasteiger partial charge in [-0.3, -0.25) is 5.32 Å². The number of nitrogen functional groups attached to an aromatic ring is 1. The minimum Gasteiger partial charge on any atom is -0.444 e. The van der Waals surface area contributed by atoms with E-state index in [1.807, 2.05) is 6.07 Å². The van der Waals surface area contributed by atoms with E-state index in [9.17, 15) is 4.79 Å². The Morgan fingerprint density at radius 3 is 2.65 bits per heavy atom. The summed E-state index contributed by atoms with van der Waals surface area (Å²) in [6.45, 7) is 5.28. The molecule has 1 amide bonds. The summed E-state index contributed by atoms with van der Waals surface area (Å²) in [6, 6.07) is 6.62. The summed E-state index contributed by atoms with van der Waals surface area (Å²) in [4.78, 5) is 11.5. The molecule has 0 bridgehead atoms. The molecule has 0 aliphatic carbocycles. The van der Waals surface area contributed by atoms with Crippen LogP contribution in [0.15, 0.2) is 18.2 Å². The van der Waals surface area contributed by atoms with Crippen molar-refractivity contribution in [2.75, 3.05) is 11.1 Å². The molecule has 0 saturated carbocycles. The normalized spacial score (nSPS) is 10.5. The Hall–Kier alpha value is -2.22. The second-order valence-corrected chi connectivity index (χ2v) is 4.54. The summed E-state index contributed by atoms with van der Waals surface area (Å²) in [5.74, 6) is 0. The van der Waals surface area contributed by atoms with Crippen LogP contribution in [-0.4, -0.2) is 11.7 Å². The highest BCUT2D eigenvalue weighted by atomic mass is 16.6. The van der Waals surface area contributed by atoms with Gasteiger partial charge in [0, 0.05) is 5.69 Å². The highest BCUT2D eigenvalue weighted by Gasteiger charge is 2.17. The number of carbonyl (C=O) groups excluding carboxylic acids is 1. The Morgan fingerprint density at radius 2 is 2.12 bits per heavy atom. The Bertz CT molecular complexity index is 470. The van der Waals surface area contributed by atoms with Crippen LogP contribution in [0, 0.1) is 11.3 Å². The quantitative estimate of drug-likeness (QED) is 0.729. The van der Waals surface area contributed by atoms with Crippen molar-refractivity contribution in [1.29, 1.82) is 5.26 Å². The molecule has 90 valence electrons. The largest absolute Gasteiger partial charge is 0.444 e. The molecule has 1 aromatic carbocycles. The molecule has 1 rings (SSSR count). The van der Waals surface area contributed by atoms with E-state index in [1.165, 1.54) is 6.07 Å². The third-order valence-corrected chi connectivity index (χ3v) is 1.80. The van der Waals surface area contributed by atoms with E-state index < -0.39 is 11.7 Å². The van der Waals surface area contributed by atoms with Crippen LogP contribution in [0.2, 0.25) is 0 Å². The summed E-state index contributed by atoms with van der Waals surface area (Å²) in [6.07, 6.45) is -0.611. The van der Waals surface area contributed by atoms with Gasteiger partial charge in [-0.1, -0.05) is 0 Å². The standard InChI is InChI=1S/C12H15N3O2/c1-12(2,3)17-11(16)15-10-6-9(14)5-4-8(10)7-13/h4-6H,14H2,1-3H3,(H,15,16). The number of rotatable bonds is 1. The highest BCUT2D eigenvalue weighted by molar-refractivity contribution is 5.87. The third-order valence-electron chi connectivity index (χ3n) is 1.80. The van der Waals surface area contributed by atoms with Crippen LogP contribution < -0.4 is 11.1 Å². The minimum atomic E-state index is -0.611. The van der Waals surface area contributed by atoms with E-state index in [4.69, 9.17) is 15.7 Å². The fourth-order valence-electron chi connectivity index (χ4n) is 1.18. The Balaban J connectivity index is 2.85. The van der Waals surface area contributed by atoms with Gasteiger partial charge in [-0.15, -0.1) is 0 Å². The smallest absolute Gasteiger partial charge is 0.412 e. The molecular formula is C12H15N3O2. The molecule has 1 aromatic rings. The maximum Gasteiger partial charge on any atom is 0.412 e. The van der Waals surface area contributed by atoms with Gasteiger partial charge >= 0.3 is 6.09 Å². The van der Waals surface area contributed by atoms with Crippen LogP contribution >= 0.6 is 0 Å². The Morgan fingerprint density at radius 1 is 1.47 bits per heavy atom. The first kappa shape index (κ1) is 12.8. The molecule has 5 heteroatoms. The molecule has 0 spiro atoms. The third kappa shape index (κ3) is 4.03. The lowest BCUT2D eigenvalue weighted by Gasteiger charge is -2.20. The van der Waals surface area contributed by atoms with Gasteiger partial charge < -0.3 is 10.5 Å². The van der Waals surface area contributed by atoms with Crippen molar-refractivity contribution in [3.05, 3.63) is 23.8 Å². The number of nitriles is 1. The molecule has 0 atom stereocenters. The van der Waals surface area contributed by atoms with Crippen LogP contribution in [0.1, 0.15) is 26.3 Å². The number of benzene rings is 1. The van der Waals surface area contributed by atoms with Gasteiger partial charge in [-0.05, 0) is 39.0 Å². The molecule has 0 aliphatic heterocycles. The van der Waals surface area contributed by atoms with E-state index in [2.05, 4.69) is 5.32 Å². The zero-order valence-corrected chi connectivity index (χ0v) is 10.1. The second-order valence-electron chi connectivity index (χ2n) is 4.54. The van der Waals surface area contributed by atoms with Crippen LogP contribution in [0.5, 0.6) is 0 Å². The molecule has 0 saturated heterocycles. The summed E-state index contributed by atoms with van der Waals surface area (Å²) in [5, 5.41) is 11.4. The molecule has 0 unspecified atom stereocenters. The van der Waals surface area contributed by atoms with Gasteiger partial charge in [0.05, 0.1) is 11.3 Å². The summed E-state index contributed by atoms with van der Waals surface area (Å²) in [7, 11) is 0. The van der Waals surface area contributed by atoms with Crippen LogP contribution in [0.4, 0.5) is 16.2 Å². The maximum absolute atomic E-state index is 11.5. The number of hydrogen-bond acceptors (Lipinski definition) is 4. The van der Waals surface area contributed by atoms with Crippen molar-refractivity contribution in [1.82, 2.24) is 0 Å². The van der Waals surface area contributed by atoms with Crippen LogP contribution in [0.25, 0.3) is 0 Å².